The van der Waals surface area contributed by atoms with Gasteiger partial charge in [0.25, 0.3) is 11.5 Å². The molecule has 2 amide bonds. The molecule has 0 atom stereocenters. The molecular weight excluding hydrogens is 408 g/mol. The number of fused-ring (bicyclic) bond motifs is 1. The van der Waals surface area contributed by atoms with Gasteiger partial charge in [0.15, 0.2) is 17.8 Å². The number of nitrogens with one attached hydrogen (secondary N) is 2. The minimum absolute atomic E-state index is 0.0743. The lowest BCUT2D eigenvalue weighted by Crippen LogP contribution is -2.37. The first-order valence-electron chi connectivity index (χ1n) is 9.11. The van der Waals surface area contributed by atoms with Crippen LogP contribution in [-0.4, -0.2) is 43.1 Å². The van der Waals surface area contributed by atoms with Crippen molar-refractivity contribution in [2.24, 2.45) is 14.1 Å². The van der Waals surface area contributed by atoms with Crippen molar-refractivity contribution < 1.29 is 19.1 Å². The number of carbonyl (C=O) groups excluding carboxylic acids is 3. The minimum atomic E-state index is -0.758. The Balaban J connectivity index is 1.60. The number of esters is 1. The summed E-state index contributed by atoms with van der Waals surface area (Å²) in [7, 11) is 2.79. The molecule has 2 N–H and O–H groups in total. The molecule has 0 aliphatic heterocycles. The van der Waals surface area contributed by atoms with E-state index in [0.717, 1.165) is 4.57 Å². The van der Waals surface area contributed by atoms with Gasteiger partial charge in [-0.3, -0.25) is 28.3 Å². The van der Waals surface area contributed by atoms with E-state index in [1.165, 1.54) is 36.5 Å². The van der Waals surface area contributed by atoms with E-state index < -0.39 is 29.7 Å². The monoisotopic (exact) mass is 428 g/mol. The minimum Gasteiger partial charge on any atom is -0.454 e. The van der Waals surface area contributed by atoms with Gasteiger partial charge in [0.2, 0.25) is 5.91 Å². The van der Waals surface area contributed by atoms with Gasteiger partial charge in [0.1, 0.15) is 6.54 Å². The maximum absolute atomic E-state index is 12.4. The second-order valence-corrected chi connectivity index (χ2v) is 6.72. The van der Waals surface area contributed by atoms with Crippen LogP contribution in [0.2, 0.25) is 0 Å². The van der Waals surface area contributed by atoms with Crippen LogP contribution >= 0.6 is 0 Å². The number of anilines is 2. The van der Waals surface area contributed by atoms with Gasteiger partial charge in [-0.05, 0) is 24.3 Å². The first-order chi connectivity index (χ1) is 14.7. The number of nitrogens with zero attached hydrogens (tertiary/aromatic N) is 4. The van der Waals surface area contributed by atoms with E-state index in [0.29, 0.717) is 11.4 Å². The van der Waals surface area contributed by atoms with Gasteiger partial charge in [-0.25, -0.2) is 9.78 Å². The van der Waals surface area contributed by atoms with Crippen molar-refractivity contribution >= 4 is 40.3 Å². The molecule has 31 heavy (non-hydrogen) atoms. The van der Waals surface area contributed by atoms with Gasteiger partial charge in [-0.2, -0.15) is 0 Å². The molecule has 0 aliphatic rings. The Morgan fingerprint density at radius 3 is 2.23 bits per heavy atom. The van der Waals surface area contributed by atoms with Crippen LogP contribution in [0, 0.1) is 0 Å². The number of hydrogen-bond acceptors (Lipinski definition) is 7. The fourth-order valence-electron chi connectivity index (χ4n) is 2.88. The van der Waals surface area contributed by atoms with Crippen LogP contribution in [0.4, 0.5) is 11.4 Å². The van der Waals surface area contributed by atoms with Gasteiger partial charge in [0.05, 0.1) is 6.33 Å². The number of hydrogen-bond donors (Lipinski definition) is 2. The van der Waals surface area contributed by atoms with Gasteiger partial charge in [0, 0.05) is 32.4 Å². The van der Waals surface area contributed by atoms with Crippen molar-refractivity contribution in [2.75, 3.05) is 17.2 Å². The molecule has 0 radical (unpaired) electrons. The Bertz CT molecular complexity index is 1280. The highest BCUT2D eigenvalue weighted by molar-refractivity contribution is 5.93. The summed E-state index contributed by atoms with van der Waals surface area (Å²) >= 11 is 0. The number of rotatable bonds is 6. The summed E-state index contributed by atoms with van der Waals surface area (Å²) < 4.78 is 8.34. The number of benzene rings is 1. The standard InChI is InChI=1S/C19H20N6O6/c1-11(26)21-12-4-6-13(7-5-12)22-14(27)9-31-15(28)8-25-10-20-17-16(25)18(29)24(3)19(30)23(17)2/h4-7,10H,8-9H2,1-3H3,(H,21,26)(H,22,27). The summed E-state index contributed by atoms with van der Waals surface area (Å²) in [6.45, 7) is 0.494. The van der Waals surface area contributed by atoms with E-state index in [4.69, 9.17) is 4.74 Å². The topological polar surface area (TPSA) is 146 Å². The maximum atomic E-state index is 12.4. The molecule has 2 heterocycles. The van der Waals surface area contributed by atoms with Crippen molar-refractivity contribution in [3.05, 3.63) is 51.4 Å². The van der Waals surface area contributed by atoms with E-state index in [9.17, 15) is 24.0 Å². The Kier molecular flexibility index (Phi) is 6.00. The van der Waals surface area contributed by atoms with Crippen LogP contribution < -0.4 is 21.9 Å². The largest absolute Gasteiger partial charge is 0.454 e. The number of ether oxygens (including phenoxy) is 1. The lowest BCUT2D eigenvalue weighted by molar-refractivity contribution is -0.147. The highest BCUT2D eigenvalue weighted by atomic mass is 16.5. The smallest absolute Gasteiger partial charge is 0.332 e. The number of amides is 2. The fourth-order valence-corrected chi connectivity index (χ4v) is 2.88. The molecule has 3 rings (SSSR count). The Morgan fingerprint density at radius 1 is 1.00 bits per heavy atom. The molecule has 0 unspecified atom stereocenters. The van der Waals surface area contributed by atoms with Crippen LogP contribution in [-0.2, 0) is 39.8 Å². The average Bonchev–Trinajstić information content (AvgIpc) is 3.14. The lowest BCUT2D eigenvalue weighted by atomic mass is 10.2. The molecule has 0 aliphatic carbocycles. The molecule has 12 heteroatoms. The van der Waals surface area contributed by atoms with E-state index in [-0.39, 0.29) is 23.6 Å². The lowest BCUT2D eigenvalue weighted by Gasteiger charge is -2.09. The summed E-state index contributed by atoms with van der Waals surface area (Å²) in [5.74, 6) is -1.53. The molecule has 2 aromatic heterocycles. The molecule has 0 fully saturated rings. The highest BCUT2D eigenvalue weighted by Crippen LogP contribution is 2.13. The average molecular weight is 428 g/mol. The molecule has 0 spiro atoms. The summed E-state index contributed by atoms with van der Waals surface area (Å²) in [4.78, 5) is 63.5. The normalized spacial score (nSPS) is 10.7. The summed E-state index contributed by atoms with van der Waals surface area (Å²) in [6.07, 6.45) is 1.25. The van der Waals surface area contributed by atoms with Gasteiger partial charge in [-0.15, -0.1) is 0 Å². The summed E-state index contributed by atoms with van der Waals surface area (Å²) in [5.41, 5.74) is 0.121. The van der Waals surface area contributed by atoms with Crippen molar-refractivity contribution in [1.82, 2.24) is 18.7 Å². The predicted octanol–water partition coefficient (Wildman–Crippen LogP) is -0.426. The van der Waals surface area contributed by atoms with Crippen molar-refractivity contribution in [1.29, 1.82) is 0 Å². The Labute approximate surface area is 175 Å². The molecule has 12 nitrogen and oxygen atoms in total. The molecule has 0 saturated carbocycles. The van der Waals surface area contributed by atoms with Crippen molar-refractivity contribution in [3.8, 4) is 0 Å². The second-order valence-electron chi connectivity index (χ2n) is 6.72. The molecule has 0 bridgehead atoms. The van der Waals surface area contributed by atoms with Crippen molar-refractivity contribution in [2.45, 2.75) is 13.5 Å². The number of aromatic nitrogens is 4. The van der Waals surface area contributed by atoms with Crippen LogP contribution in [0.1, 0.15) is 6.92 Å². The number of carbonyl (C=O) groups is 3. The van der Waals surface area contributed by atoms with E-state index in [1.54, 1.807) is 24.3 Å². The predicted molar refractivity (Wildman–Crippen MR) is 111 cm³/mol. The van der Waals surface area contributed by atoms with E-state index in [2.05, 4.69) is 15.6 Å². The zero-order valence-electron chi connectivity index (χ0n) is 17.0. The molecule has 1 aromatic carbocycles. The third-order valence-corrected chi connectivity index (χ3v) is 4.37. The van der Waals surface area contributed by atoms with Crippen LogP contribution in [0.3, 0.4) is 0 Å². The zero-order chi connectivity index (χ0) is 22.7. The van der Waals surface area contributed by atoms with E-state index >= 15 is 0 Å². The first-order valence-corrected chi connectivity index (χ1v) is 9.11. The van der Waals surface area contributed by atoms with Gasteiger partial charge in [-0.1, -0.05) is 0 Å². The third-order valence-electron chi connectivity index (χ3n) is 4.37. The molecule has 162 valence electrons. The quantitative estimate of drug-likeness (QED) is 0.507. The Hall–Kier alpha value is -4.22. The van der Waals surface area contributed by atoms with Gasteiger partial charge >= 0.3 is 11.7 Å². The van der Waals surface area contributed by atoms with Crippen LogP contribution in [0.25, 0.3) is 11.2 Å². The fraction of sp³-hybridized carbons (Fsp3) is 0.263. The molecular formula is C19H20N6O6. The SMILES string of the molecule is CC(=O)Nc1ccc(NC(=O)COC(=O)Cn2cnc3c2c(=O)n(C)c(=O)n3C)cc1. The van der Waals surface area contributed by atoms with Crippen molar-refractivity contribution in [3.63, 3.8) is 0 Å². The highest BCUT2D eigenvalue weighted by Gasteiger charge is 2.17. The first kappa shape index (κ1) is 21.5. The maximum Gasteiger partial charge on any atom is 0.332 e. The summed E-state index contributed by atoms with van der Waals surface area (Å²) in [5, 5.41) is 5.16. The zero-order valence-corrected chi connectivity index (χ0v) is 17.0. The number of imidazole rings is 1. The third kappa shape index (κ3) is 4.69. The summed E-state index contributed by atoms with van der Waals surface area (Å²) in [6, 6.07) is 6.40. The Morgan fingerprint density at radius 2 is 1.61 bits per heavy atom. The van der Waals surface area contributed by atoms with Crippen LogP contribution in [0.15, 0.2) is 40.2 Å². The van der Waals surface area contributed by atoms with Gasteiger partial charge < -0.3 is 19.9 Å². The number of aryl methyl sites for hydroxylation is 1. The van der Waals surface area contributed by atoms with Crippen LogP contribution in [0.5, 0.6) is 0 Å². The molecule has 0 saturated heterocycles. The van der Waals surface area contributed by atoms with E-state index in [1.807, 2.05) is 0 Å². The second kappa shape index (κ2) is 8.65. The molecule has 3 aromatic rings.